The SMILES string of the molecule is CCn1cc([N+](=O)[O-])c(C(=O)Nc2cc(C)n(Cc3c(F)cccc3Cl)n2)n1. The number of aromatic nitrogens is 4. The van der Waals surface area contributed by atoms with E-state index in [-0.39, 0.29) is 28.6 Å². The molecule has 28 heavy (non-hydrogen) atoms. The van der Waals surface area contributed by atoms with Crippen LogP contribution in [0.15, 0.2) is 30.5 Å². The molecule has 0 aliphatic carbocycles. The number of anilines is 1. The van der Waals surface area contributed by atoms with Gasteiger partial charge in [-0.2, -0.15) is 10.2 Å². The molecule has 2 aromatic heterocycles. The number of hydrogen-bond donors (Lipinski definition) is 1. The fraction of sp³-hybridized carbons (Fsp3) is 0.235. The molecule has 0 fully saturated rings. The Morgan fingerprint density at radius 3 is 2.79 bits per heavy atom. The zero-order valence-corrected chi connectivity index (χ0v) is 15.8. The number of nitrogens with one attached hydrogen (secondary N) is 1. The van der Waals surface area contributed by atoms with Crippen molar-refractivity contribution in [2.45, 2.75) is 26.9 Å². The molecule has 1 aromatic carbocycles. The number of aryl methyl sites for hydroxylation is 2. The van der Waals surface area contributed by atoms with Gasteiger partial charge in [-0.3, -0.25) is 24.3 Å². The third kappa shape index (κ3) is 3.86. The molecule has 1 amide bonds. The Morgan fingerprint density at radius 1 is 1.39 bits per heavy atom. The highest BCUT2D eigenvalue weighted by Gasteiger charge is 2.26. The first-order valence-electron chi connectivity index (χ1n) is 8.30. The molecule has 0 unspecified atom stereocenters. The highest BCUT2D eigenvalue weighted by molar-refractivity contribution is 6.31. The van der Waals surface area contributed by atoms with Crippen LogP contribution in [-0.4, -0.2) is 30.4 Å². The number of rotatable bonds is 6. The summed E-state index contributed by atoms with van der Waals surface area (Å²) in [7, 11) is 0. The summed E-state index contributed by atoms with van der Waals surface area (Å²) >= 11 is 6.04. The number of benzene rings is 1. The van der Waals surface area contributed by atoms with Crippen LogP contribution < -0.4 is 5.32 Å². The van der Waals surface area contributed by atoms with Gasteiger partial charge in [0.1, 0.15) is 12.0 Å². The van der Waals surface area contributed by atoms with Gasteiger partial charge in [-0.05, 0) is 26.0 Å². The Kier molecular flexibility index (Phi) is 5.41. The minimum Gasteiger partial charge on any atom is -0.303 e. The monoisotopic (exact) mass is 406 g/mol. The summed E-state index contributed by atoms with van der Waals surface area (Å²) in [5.41, 5.74) is 0.207. The van der Waals surface area contributed by atoms with Crippen molar-refractivity contribution in [3.8, 4) is 0 Å². The van der Waals surface area contributed by atoms with Crippen molar-refractivity contribution in [3.63, 3.8) is 0 Å². The zero-order chi connectivity index (χ0) is 20.4. The molecule has 11 heteroatoms. The lowest BCUT2D eigenvalue weighted by atomic mass is 10.2. The predicted molar refractivity (Wildman–Crippen MR) is 100.0 cm³/mol. The van der Waals surface area contributed by atoms with Crippen molar-refractivity contribution < 1.29 is 14.1 Å². The summed E-state index contributed by atoms with van der Waals surface area (Å²) < 4.78 is 16.8. The molecule has 2 heterocycles. The maximum absolute atomic E-state index is 14.0. The number of nitro groups is 1. The molecule has 3 aromatic rings. The number of hydrogen-bond acceptors (Lipinski definition) is 5. The normalized spacial score (nSPS) is 10.9. The second kappa shape index (κ2) is 7.77. The molecule has 0 atom stereocenters. The second-order valence-corrected chi connectivity index (χ2v) is 6.37. The highest BCUT2D eigenvalue weighted by atomic mass is 35.5. The van der Waals surface area contributed by atoms with Gasteiger partial charge in [0.05, 0.1) is 11.5 Å². The van der Waals surface area contributed by atoms with E-state index in [1.807, 2.05) is 0 Å². The van der Waals surface area contributed by atoms with Crippen molar-refractivity contribution in [2.24, 2.45) is 0 Å². The van der Waals surface area contributed by atoms with E-state index in [0.717, 1.165) is 0 Å². The van der Waals surface area contributed by atoms with E-state index in [1.165, 1.54) is 27.7 Å². The largest absolute Gasteiger partial charge is 0.320 e. The smallest absolute Gasteiger partial charge is 0.303 e. The van der Waals surface area contributed by atoms with E-state index in [9.17, 15) is 19.3 Å². The molecule has 1 N–H and O–H groups in total. The predicted octanol–water partition coefficient (Wildman–Crippen LogP) is 3.41. The van der Waals surface area contributed by atoms with Gasteiger partial charge in [0.25, 0.3) is 5.91 Å². The van der Waals surface area contributed by atoms with Gasteiger partial charge in [-0.15, -0.1) is 0 Å². The maximum Gasteiger partial charge on any atom is 0.320 e. The van der Waals surface area contributed by atoms with Crippen LogP contribution in [0.2, 0.25) is 5.02 Å². The fourth-order valence-corrected chi connectivity index (χ4v) is 2.83. The van der Waals surface area contributed by atoms with Crippen molar-refractivity contribution in [1.82, 2.24) is 19.6 Å². The molecule has 0 aliphatic heterocycles. The fourth-order valence-electron chi connectivity index (χ4n) is 2.61. The van der Waals surface area contributed by atoms with Gasteiger partial charge in [0, 0.05) is 28.9 Å². The summed E-state index contributed by atoms with van der Waals surface area (Å²) in [6, 6.07) is 5.94. The van der Waals surface area contributed by atoms with E-state index in [2.05, 4.69) is 15.5 Å². The Morgan fingerprint density at radius 2 is 2.14 bits per heavy atom. The third-order valence-corrected chi connectivity index (χ3v) is 4.42. The quantitative estimate of drug-likeness (QED) is 0.498. The molecular formula is C17H16ClFN6O3. The topological polar surface area (TPSA) is 108 Å². The number of halogens is 2. The zero-order valence-electron chi connectivity index (χ0n) is 15.0. The number of carbonyl (C=O) groups excluding carboxylic acids is 1. The Hall–Kier alpha value is -3.27. The van der Waals surface area contributed by atoms with Gasteiger partial charge in [0.15, 0.2) is 5.82 Å². The van der Waals surface area contributed by atoms with E-state index in [0.29, 0.717) is 12.2 Å². The first-order chi connectivity index (χ1) is 13.3. The molecule has 0 saturated carbocycles. The minimum atomic E-state index is -0.757. The molecular weight excluding hydrogens is 391 g/mol. The van der Waals surface area contributed by atoms with E-state index >= 15 is 0 Å². The summed E-state index contributed by atoms with van der Waals surface area (Å²) in [6.45, 7) is 3.92. The maximum atomic E-state index is 14.0. The lowest BCUT2D eigenvalue weighted by Gasteiger charge is -2.07. The highest BCUT2D eigenvalue weighted by Crippen LogP contribution is 2.22. The molecule has 9 nitrogen and oxygen atoms in total. The lowest BCUT2D eigenvalue weighted by Crippen LogP contribution is -2.15. The van der Waals surface area contributed by atoms with Crippen LogP contribution in [0.4, 0.5) is 15.9 Å². The van der Waals surface area contributed by atoms with Crippen molar-refractivity contribution in [2.75, 3.05) is 5.32 Å². The van der Waals surface area contributed by atoms with Gasteiger partial charge >= 0.3 is 5.69 Å². The van der Waals surface area contributed by atoms with E-state index in [4.69, 9.17) is 11.6 Å². The standard InChI is InChI=1S/C17H16ClFN6O3/c1-3-23-9-14(25(27)28)16(22-23)17(26)20-15-7-10(2)24(21-15)8-11-12(18)5-4-6-13(11)19/h4-7,9H,3,8H2,1-2H3,(H,20,21,26). The van der Waals surface area contributed by atoms with Crippen LogP contribution in [0.5, 0.6) is 0 Å². The molecule has 146 valence electrons. The van der Waals surface area contributed by atoms with Gasteiger partial charge < -0.3 is 5.32 Å². The van der Waals surface area contributed by atoms with Gasteiger partial charge in [-0.25, -0.2) is 4.39 Å². The van der Waals surface area contributed by atoms with E-state index < -0.39 is 22.3 Å². The van der Waals surface area contributed by atoms with Crippen molar-refractivity contribution >= 4 is 29.0 Å². The minimum absolute atomic E-state index is 0.0673. The van der Waals surface area contributed by atoms with Gasteiger partial charge in [0.2, 0.25) is 5.69 Å². The lowest BCUT2D eigenvalue weighted by molar-refractivity contribution is -0.385. The number of nitrogens with zero attached hydrogens (tertiary/aromatic N) is 5. The van der Waals surface area contributed by atoms with Crippen LogP contribution >= 0.6 is 11.6 Å². The van der Waals surface area contributed by atoms with E-state index in [1.54, 1.807) is 26.0 Å². The third-order valence-electron chi connectivity index (χ3n) is 4.07. The second-order valence-electron chi connectivity index (χ2n) is 5.96. The summed E-state index contributed by atoms with van der Waals surface area (Å²) in [4.78, 5) is 22.9. The Balaban J connectivity index is 1.83. The summed E-state index contributed by atoms with van der Waals surface area (Å²) in [5, 5.41) is 22.0. The molecule has 0 aliphatic rings. The van der Waals surface area contributed by atoms with Crippen molar-refractivity contribution in [3.05, 3.63) is 68.4 Å². The van der Waals surface area contributed by atoms with Crippen LogP contribution in [0.1, 0.15) is 28.7 Å². The Bertz CT molecular complexity index is 1040. The summed E-state index contributed by atoms with van der Waals surface area (Å²) in [5.74, 6) is -1.06. The number of carbonyl (C=O) groups is 1. The Labute approximate surface area is 163 Å². The average Bonchev–Trinajstić information content (AvgIpc) is 3.22. The van der Waals surface area contributed by atoms with Crippen LogP contribution in [0.3, 0.4) is 0 Å². The average molecular weight is 407 g/mol. The van der Waals surface area contributed by atoms with Crippen LogP contribution in [0, 0.1) is 22.9 Å². The first kappa shape index (κ1) is 19.5. The molecule has 3 rings (SSSR count). The van der Waals surface area contributed by atoms with Crippen molar-refractivity contribution in [1.29, 1.82) is 0 Å². The van der Waals surface area contributed by atoms with Gasteiger partial charge in [-0.1, -0.05) is 17.7 Å². The molecule has 0 saturated heterocycles. The first-order valence-corrected chi connectivity index (χ1v) is 8.68. The van der Waals surface area contributed by atoms with Crippen LogP contribution in [0.25, 0.3) is 0 Å². The summed E-state index contributed by atoms with van der Waals surface area (Å²) in [6.07, 6.45) is 1.19. The number of amides is 1. The molecule has 0 spiro atoms. The molecule has 0 bridgehead atoms. The van der Waals surface area contributed by atoms with Crippen LogP contribution in [-0.2, 0) is 13.1 Å². The molecule has 0 radical (unpaired) electrons.